The molecule has 4 heteroatoms. The predicted octanol–water partition coefficient (Wildman–Crippen LogP) is 4.02. The van der Waals surface area contributed by atoms with Crippen molar-refractivity contribution in [1.82, 2.24) is 4.98 Å². The van der Waals surface area contributed by atoms with Crippen molar-refractivity contribution in [2.75, 3.05) is 0 Å². The van der Waals surface area contributed by atoms with Crippen LogP contribution in [0.2, 0.25) is 5.02 Å². The third-order valence-electron chi connectivity index (χ3n) is 2.92. The monoisotopic (exact) mass is 271 g/mol. The van der Waals surface area contributed by atoms with Gasteiger partial charge in [-0.3, -0.25) is 9.78 Å². The van der Waals surface area contributed by atoms with Crippen LogP contribution in [0.4, 0.5) is 0 Å². The molecule has 19 heavy (non-hydrogen) atoms. The van der Waals surface area contributed by atoms with Gasteiger partial charge in [0.25, 0.3) is 0 Å². The van der Waals surface area contributed by atoms with Crippen LogP contribution < -0.4 is 0 Å². The molecule has 1 aromatic carbocycles. The maximum Gasteiger partial charge on any atom is 0.229 e. The van der Waals surface area contributed by atoms with Crippen LogP contribution in [0.5, 0.6) is 0 Å². The fraction of sp³-hybridized carbons (Fsp3) is 0.0667. The minimum absolute atomic E-state index is 0.235. The van der Waals surface area contributed by atoms with Gasteiger partial charge in [-0.2, -0.15) is 0 Å². The highest BCUT2D eigenvalue weighted by atomic mass is 35.5. The predicted molar refractivity (Wildman–Crippen MR) is 73.6 cm³/mol. The maximum absolute atomic E-state index is 12.3. The number of carbonyl (C=O) groups is 1. The molecule has 0 N–H and O–H groups in total. The molecular weight excluding hydrogens is 262 g/mol. The molecule has 0 aliphatic carbocycles. The molecule has 3 aromatic rings. The summed E-state index contributed by atoms with van der Waals surface area (Å²) in [5.74, 6) is 0.0509. The number of aromatic nitrogens is 1. The number of halogens is 1. The number of ketones is 1. The minimum atomic E-state index is -0.235. The Hall–Kier alpha value is -2.13. The van der Waals surface area contributed by atoms with E-state index < -0.39 is 0 Å². The first-order valence-corrected chi connectivity index (χ1v) is 6.17. The lowest BCUT2D eigenvalue weighted by molar-refractivity contribution is 0.101. The first-order chi connectivity index (χ1) is 9.15. The first kappa shape index (κ1) is 11.9. The fourth-order valence-electron chi connectivity index (χ4n) is 1.94. The maximum atomic E-state index is 12.3. The number of fused-ring (bicyclic) bond motifs is 1. The van der Waals surface area contributed by atoms with Gasteiger partial charge in [-0.25, -0.2) is 0 Å². The molecule has 94 valence electrons. The fourth-order valence-corrected chi connectivity index (χ4v) is 2.15. The molecule has 3 rings (SSSR count). The van der Waals surface area contributed by atoms with Crippen LogP contribution in [0.15, 0.2) is 47.1 Å². The second-order valence-corrected chi connectivity index (χ2v) is 4.74. The average molecular weight is 272 g/mol. The Morgan fingerprint density at radius 3 is 2.89 bits per heavy atom. The van der Waals surface area contributed by atoms with Crippen LogP contribution >= 0.6 is 11.6 Å². The molecule has 0 aliphatic rings. The average Bonchev–Trinajstić information content (AvgIpc) is 2.81. The van der Waals surface area contributed by atoms with Crippen molar-refractivity contribution < 1.29 is 9.21 Å². The summed E-state index contributed by atoms with van der Waals surface area (Å²) in [5.41, 5.74) is 2.18. The molecule has 0 radical (unpaired) electrons. The topological polar surface area (TPSA) is 43.1 Å². The van der Waals surface area contributed by atoms with Gasteiger partial charge in [0.2, 0.25) is 5.78 Å². The highest BCUT2D eigenvalue weighted by Gasteiger charge is 2.17. The lowest BCUT2D eigenvalue weighted by atomic mass is 10.1. The van der Waals surface area contributed by atoms with Gasteiger partial charge in [0.1, 0.15) is 5.58 Å². The molecule has 0 saturated heterocycles. The number of nitrogens with zero attached hydrogens (tertiary/aromatic N) is 1. The molecular formula is C15H10ClNO2. The van der Waals surface area contributed by atoms with Crippen molar-refractivity contribution in [1.29, 1.82) is 0 Å². The highest BCUT2D eigenvalue weighted by molar-refractivity contribution is 6.34. The number of rotatable bonds is 2. The van der Waals surface area contributed by atoms with Crippen LogP contribution in [-0.4, -0.2) is 10.8 Å². The van der Waals surface area contributed by atoms with E-state index in [2.05, 4.69) is 4.98 Å². The van der Waals surface area contributed by atoms with E-state index in [4.69, 9.17) is 16.0 Å². The van der Waals surface area contributed by atoms with Gasteiger partial charge in [-0.15, -0.1) is 0 Å². The SMILES string of the molecule is Cc1ccc2cc(C(=O)c3ccncc3Cl)oc2c1. The zero-order chi connectivity index (χ0) is 13.4. The van der Waals surface area contributed by atoms with Gasteiger partial charge < -0.3 is 4.42 Å². The first-order valence-electron chi connectivity index (χ1n) is 5.79. The Labute approximate surface area is 114 Å². The second-order valence-electron chi connectivity index (χ2n) is 4.34. The van der Waals surface area contributed by atoms with Crippen LogP contribution in [0.3, 0.4) is 0 Å². The summed E-state index contributed by atoms with van der Waals surface area (Å²) in [6.45, 7) is 1.98. The highest BCUT2D eigenvalue weighted by Crippen LogP contribution is 2.24. The van der Waals surface area contributed by atoms with Gasteiger partial charge in [0, 0.05) is 23.3 Å². The summed E-state index contributed by atoms with van der Waals surface area (Å²) in [6, 6.07) is 9.13. The van der Waals surface area contributed by atoms with Crippen molar-refractivity contribution >= 4 is 28.4 Å². The van der Waals surface area contributed by atoms with Crippen LogP contribution in [0, 0.1) is 6.92 Å². The molecule has 2 aromatic heterocycles. The van der Waals surface area contributed by atoms with E-state index in [-0.39, 0.29) is 11.5 Å². The Morgan fingerprint density at radius 2 is 2.11 bits per heavy atom. The molecule has 0 bridgehead atoms. The van der Waals surface area contributed by atoms with Crippen molar-refractivity contribution in [3.63, 3.8) is 0 Å². The van der Waals surface area contributed by atoms with E-state index in [1.165, 1.54) is 12.4 Å². The molecule has 0 unspecified atom stereocenters. The molecule has 0 saturated carbocycles. The van der Waals surface area contributed by atoms with Gasteiger partial charge >= 0.3 is 0 Å². The standard InChI is InChI=1S/C15H10ClNO2/c1-9-2-3-10-7-14(19-13(10)6-9)15(18)11-4-5-17-8-12(11)16/h2-8H,1H3. The van der Waals surface area contributed by atoms with Crippen LogP contribution in [0.25, 0.3) is 11.0 Å². The third-order valence-corrected chi connectivity index (χ3v) is 3.22. The van der Waals surface area contributed by atoms with E-state index >= 15 is 0 Å². The molecule has 3 nitrogen and oxygen atoms in total. The molecule has 0 spiro atoms. The second kappa shape index (κ2) is 4.52. The van der Waals surface area contributed by atoms with Gasteiger partial charge in [0.15, 0.2) is 5.76 Å². The van der Waals surface area contributed by atoms with Crippen molar-refractivity contribution in [2.45, 2.75) is 6.92 Å². The number of aryl methyl sites for hydroxylation is 1. The lowest BCUT2D eigenvalue weighted by Gasteiger charge is -1.98. The summed E-state index contributed by atoms with van der Waals surface area (Å²) < 4.78 is 5.59. The summed E-state index contributed by atoms with van der Waals surface area (Å²) in [5, 5.41) is 1.23. The summed E-state index contributed by atoms with van der Waals surface area (Å²) in [7, 11) is 0. The molecule has 0 atom stereocenters. The van der Waals surface area contributed by atoms with Crippen molar-refractivity contribution in [2.24, 2.45) is 0 Å². The smallest absolute Gasteiger partial charge is 0.229 e. The van der Waals surface area contributed by atoms with Gasteiger partial charge in [-0.05, 0) is 30.7 Å². The summed E-state index contributed by atoms with van der Waals surface area (Å²) in [6.07, 6.45) is 2.98. The molecule has 0 aliphatic heterocycles. The number of hydrogen-bond donors (Lipinski definition) is 0. The number of pyridine rings is 1. The van der Waals surface area contributed by atoms with Crippen LogP contribution in [-0.2, 0) is 0 Å². The van der Waals surface area contributed by atoms with Crippen molar-refractivity contribution in [3.8, 4) is 0 Å². The van der Waals surface area contributed by atoms with E-state index in [1.807, 2.05) is 25.1 Å². The van der Waals surface area contributed by atoms with E-state index in [0.29, 0.717) is 16.2 Å². The number of benzene rings is 1. The summed E-state index contributed by atoms with van der Waals surface area (Å²) in [4.78, 5) is 16.2. The Kier molecular flexibility index (Phi) is 2.84. The Morgan fingerprint density at radius 1 is 1.26 bits per heavy atom. The van der Waals surface area contributed by atoms with Crippen LogP contribution in [0.1, 0.15) is 21.7 Å². The van der Waals surface area contributed by atoms with Gasteiger partial charge in [0.05, 0.1) is 5.02 Å². The van der Waals surface area contributed by atoms with E-state index in [9.17, 15) is 4.79 Å². The number of carbonyl (C=O) groups excluding carboxylic acids is 1. The van der Waals surface area contributed by atoms with E-state index in [0.717, 1.165) is 10.9 Å². The number of hydrogen-bond acceptors (Lipinski definition) is 3. The number of furan rings is 1. The largest absolute Gasteiger partial charge is 0.453 e. The zero-order valence-electron chi connectivity index (χ0n) is 10.2. The minimum Gasteiger partial charge on any atom is -0.453 e. The van der Waals surface area contributed by atoms with Gasteiger partial charge in [-0.1, -0.05) is 23.7 Å². The van der Waals surface area contributed by atoms with E-state index in [1.54, 1.807) is 12.1 Å². The van der Waals surface area contributed by atoms with Crippen molar-refractivity contribution in [3.05, 3.63) is 64.6 Å². The molecule has 0 fully saturated rings. The Balaban J connectivity index is 2.09. The molecule has 2 heterocycles. The lowest BCUT2D eigenvalue weighted by Crippen LogP contribution is -2.00. The summed E-state index contributed by atoms with van der Waals surface area (Å²) >= 11 is 5.97. The third kappa shape index (κ3) is 2.13. The zero-order valence-corrected chi connectivity index (χ0v) is 10.9. The quantitative estimate of drug-likeness (QED) is 0.661. The molecule has 0 amide bonds. The normalized spacial score (nSPS) is 10.8. The Bertz CT molecular complexity index is 777.